The number of sulfone groups is 1. The first-order chi connectivity index (χ1) is 15.5. The number of ether oxygens (including phenoxy) is 1. The molecule has 1 aromatic heterocycles. The number of hydrogen-bond acceptors (Lipinski definition) is 7. The Morgan fingerprint density at radius 2 is 1.79 bits per heavy atom. The lowest BCUT2D eigenvalue weighted by Gasteiger charge is -2.26. The van der Waals surface area contributed by atoms with Crippen LogP contribution in [-0.2, 0) is 21.2 Å². The summed E-state index contributed by atoms with van der Waals surface area (Å²) in [7, 11) is -3.84. The molecule has 1 aromatic carbocycles. The molecule has 9 nitrogen and oxygen atoms in total. The minimum atomic E-state index is -3.84. The second kappa shape index (κ2) is 10.1. The van der Waals surface area contributed by atoms with Crippen LogP contribution in [0.4, 0.5) is 0 Å². The molecule has 1 fully saturated rings. The molecule has 0 unspecified atom stereocenters. The van der Waals surface area contributed by atoms with Crippen LogP contribution in [0.5, 0.6) is 5.75 Å². The van der Waals surface area contributed by atoms with Gasteiger partial charge in [-0.1, -0.05) is 12.1 Å². The first-order valence-electron chi connectivity index (χ1n) is 10.8. The van der Waals surface area contributed by atoms with E-state index in [9.17, 15) is 23.1 Å². The van der Waals surface area contributed by atoms with Crippen LogP contribution in [0.15, 0.2) is 47.4 Å². The lowest BCUT2D eigenvalue weighted by molar-refractivity contribution is -0.131. The van der Waals surface area contributed by atoms with Crippen molar-refractivity contribution in [2.24, 2.45) is 0 Å². The Bertz CT molecular complexity index is 1140. The van der Waals surface area contributed by atoms with E-state index in [0.717, 1.165) is 43.3 Å². The first kappa shape index (κ1) is 24.9. The van der Waals surface area contributed by atoms with Crippen LogP contribution < -0.4 is 15.8 Å². The fourth-order valence-corrected chi connectivity index (χ4v) is 4.72. The van der Waals surface area contributed by atoms with Gasteiger partial charge < -0.3 is 14.4 Å². The van der Waals surface area contributed by atoms with Crippen LogP contribution in [0.1, 0.15) is 39.0 Å². The highest BCUT2D eigenvalue weighted by molar-refractivity contribution is 7.92. The topological polar surface area (TPSA) is 135 Å². The van der Waals surface area contributed by atoms with Crippen LogP contribution in [0.2, 0.25) is 0 Å². The van der Waals surface area contributed by atoms with E-state index in [2.05, 4.69) is 0 Å². The van der Waals surface area contributed by atoms with Gasteiger partial charge in [0, 0.05) is 25.1 Å². The van der Waals surface area contributed by atoms with Crippen molar-refractivity contribution in [1.29, 1.82) is 0 Å². The van der Waals surface area contributed by atoms with E-state index in [4.69, 9.17) is 9.94 Å². The summed E-state index contributed by atoms with van der Waals surface area (Å²) in [6.07, 6.45) is 5.27. The number of hydrogen-bond donors (Lipinski definition) is 3. The van der Waals surface area contributed by atoms with Gasteiger partial charge >= 0.3 is 0 Å². The molecule has 1 heterocycles. The summed E-state index contributed by atoms with van der Waals surface area (Å²) in [5.41, 5.74) is 2.58. The number of carbonyl (C=O) groups is 1. The molecule has 33 heavy (non-hydrogen) atoms. The van der Waals surface area contributed by atoms with E-state index in [1.807, 2.05) is 24.3 Å². The molecular formula is C23H30N2O7S. The van der Waals surface area contributed by atoms with Gasteiger partial charge in [0.15, 0.2) is 14.6 Å². The van der Waals surface area contributed by atoms with Crippen molar-refractivity contribution >= 4 is 15.7 Å². The van der Waals surface area contributed by atoms with Gasteiger partial charge in [0.25, 0.3) is 11.5 Å². The summed E-state index contributed by atoms with van der Waals surface area (Å²) in [6.45, 7) is 1.20. The van der Waals surface area contributed by atoms with Gasteiger partial charge in [-0.15, -0.1) is 0 Å². The fourth-order valence-electron chi connectivity index (χ4n) is 3.87. The first-order valence-corrected chi connectivity index (χ1v) is 12.7. The molecule has 3 N–H and O–H groups in total. The highest BCUT2D eigenvalue weighted by Gasteiger charge is 2.43. The molecule has 2 aromatic rings. The van der Waals surface area contributed by atoms with Gasteiger partial charge in [0.2, 0.25) is 0 Å². The summed E-state index contributed by atoms with van der Waals surface area (Å²) in [5, 5.41) is 18.5. The van der Waals surface area contributed by atoms with E-state index in [0.29, 0.717) is 5.56 Å². The standard InChI is InChI=1S/C23H30N2O7S/c1-23(22(28)24-29,33(2,30)31)12-14-25-13-11-17(15-21(25)27)16-3-7-19(8-4-16)32-20-9-5-18(26)6-10-20/h3-4,7-8,11,13,15,18,20,26,29H,5-6,9-10,12,14H2,1-2H3,(H,24,28)/t18?,20?,23-/m1/s1. The number of amides is 1. The number of carbonyl (C=O) groups excluding carboxylic acids is 1. The fraction of sp³-hybridized carbons (Fsp3) is 0.478. The van der Waals surface area contributed by atoms with Gasteiger partial charge in [0.1, 0.15) is 5.75 Å². The summed E-state index contributed by atoms with van der Waals surface area (Å²) >= 11 is 0. The number of hydroxylamine groups is 1. The normalized spacial score (nSPS) is 20.6. The summed E-state index contributed by atoms with van der Waals surface area (Å²) < 4.78 is 29.6. The molecule has 1 atom stereocenters. The van der Waals surface area contributed by atoms with Gasteiger partial charge in [-0.2, -0.15) is 0 Å². The average Bonchev–Trinajstić information content (AvgIpc) is 2.78. The van der Waals surface area contributed by atoms with E-state index < -0.39 is 20.5 Å². The quantitative estimate of drug-likeness (QED) is 0.389. The van der Waals surface area contributed by atoms with Crippen LogP contribution in [0.3, 0.4) is 0 Å². The molecule has 0 saturated heterocycles. The molecule has 10 heteroatoms. The predicted octanol–water partition coefficient (Wildman–Crippen LogP) is 1.90. The minimum absolute atomic E-state index is 0.0149. The summed E-state index contributed by atoms with van der Waals surface area (Å²) in [5.74, 6) is -0.308. The molecule has 1 amide bonds. The third-order valence-electron chi connectivity index (χ3n) is 6.36. The Hall–Kier alpha value is -2.69. The highest BCUT2D eigenvalue weighted by atomic mass is 32.2. The second-order valence-electron chi connectivity index (χ2n) is 8.71. The number of aliphatic hydroxyl groups is 1. The Kier molecular flexibility index (Phi) is 7.61. The second-order valence-corrected chi connectivity index (χ2v) is 11.2. The van der Waals surface area contributed by atoms with Crippen molar-refractivity contribution in [3.8, 4) is 16.9 Å². The Morgan fingerprint density at radius 1 is 1.15 bits per heavy atom. The average molecular weight is 479 g/mol. The Balaban J connectivity index is 1.69. The van der Waals surface area contributed by atoms with Crippen molar-refractivity contribution < 1.29 is 28.3 Å². The molecule has 3 rings (SSSR count). The zero-order chi connectivity index (χ0) is 24.2. The number of nitrogens with zero attached hydrogens (tertiary/aromatic N) is 1. The maximum atomic E-state index is 12.6. The van der Waals surface area contributed by atoms with Crippen LogP contribution in [0.25, 0.3) is 11.1 Å². The van der Waals surface area contributed by atoms with E-state index in [1.54, 1.807) is 12.3 Å². The molecule has 0 aliphatic heterocycles. The number of rotatable bonds is 8. The zero-order valence-corrected chi connectivity index (χ0v) is 19.5. The van der Waals surface area contributed by atoms with Gasteiger partial charge in [-0.3, -0.25) is 14.8 Å². The number of aliphatic hydroxyl groups excluding tert-OH is 1. The Morgan fingerprint density at radius 3 is 2.33 bits per heavy atom. The van der Waals surface area contributed by atoms with Crippen molar-refractivity contribution in [1.82, 2.24) is 10.0 Å². The van der Waals surface area contributed by atoms with E-state index in [-0.39, 0.29) is 30.7 Å². The van der Waals surface area contributed by atoms with Crippen LogP contribution in [-0.4, -0.2) is 52.4 Å². The molecule has 1 aliphatic rings. The summed E-state index contributed by atoms with van der Waals surface area (Å²) in [4.78, 5) is 24.5. The number of aryl methyl sites for hydroxylation is 1. The molecule has 180 valence electrons. The third kappa shape index (κ3) is 5.82. The number of nitrogens with one attached hydrogen (secondary N) is 1. The maximum Gasteiger partial charge on any atom is 0.264 e. The van der Waals surface area contributed by atoms with Gasteiger partial charge in [-0.05, 0) is 68.4 Å². The molecule has 0 bridgehead atoms. The van der Waals surface area contributed by atoms with E-state index >= 15 is 0 Å². The van der Waals surface area contributed by atoms with Gasteiger partial charge in [0.05, 0.1) is 12.2 Å². The van der Waals surface area contributed by atoms with Crippen molar-refractivity contribution in [3.63, 3.8) is 0 Å². The van der Waals surface area contributed by atoms with Crippen molar-refractivity contribution in [2.45, 2.75) is 62.5 Å². The van der Waals surface area contributed by atoms with Crippen LogP contribution in [0, 0.1) is 0 Å². The maximum absolute atomic E-state index is 12.6. The Labute approximate surface area is 192 Å². The van der Waals surface area contributed by atoms with Crippen molar-refractivity contribution in [3.05, 3.63) is 52.9 Å². The van der Waals surface area contributed by atoms with Crippen molar-refractivity contribution in [2.75, 3.05) is 6.26 Å². The molecule has 1 aliphatic carbocycles. The van der Waals surface area contributed by atoms with Gasteiger partial charge in [-0.25, -0.2) is 13.9 Å². The number of pyridine rings is 1. The lowest BCUT2D eigenvalue weighted by atomic mass is 9.95. The lowest BCUT2D eigenvalue weighted by Crippen LogP contribution is -2.49. The smallest absolute Gasteiger partial charge is 0.264 e. The largest absolute Gasteiger partial charge is 0.490 e. The highest BCUT2D eigenvalue weighted by Crippen LogP contribution is 2.26. The predicted molar refractivity (Wildman–Crippen MR) is 123 cm³/mol. The molecule has 0 radical (unpaired) electrons. The number of benzene rings is 1. The number of aromatic nitrogens is 1. The minimum Gasteiger partial charge on any atom is -0.490 e. The molecule has 1 saturated carbocycles. The molecular weight excluding hydrogens is 448 g/mol. The summed E-state index contributed by atoms with van der Waals surface area (Å²) in [6, 6.07) is 10.6. The zero-order valence-electron chi connectivity index (χ0n) is 18.7. The molecule has 0 spiro atoms. The van der Waals surface area contributed by atoms with Crippen LogP contribution >= 0.6 is 0 Å². The SMILES string of the molecule is C[C@@](CCn1ccc(-c2ccc(OC3CCC(O)CC3)cc2)cc1=O)(C(=O)NO)S(C)(=O)=O. The monoisotopic (exact) mass is 478 g/mol. The van der Waals surface area contributed by atoms with E-state index in [1.165, 1.54) is 23.0 Å². The third-order valence-corrected chi connectivity index (χ3v) is 8.39.